The van der Waals surface area contributed by atoms with E-state index in [1.54, 1.807) is 7.05 Å². The molecule has 2 N–H and O–H groups in total. The van der Waals surface area contributed by atoms with Crippen molar-refractivity contribution in [3.63, 3.8) is 0 Å². The van der Waals surface area contributed by atoms with Gasteiger partial charge in [0, 0.05) is 12.6 Å². The van der Waals surface area contributed by atoms with E-state index in [0.717, 1.165) is 0 Å². The van der Waals surface area contributed by atoms with Crippen LogP contribution in [-0.2, 0) is 14.8 Å². The van der Waals surface area contributed by atoms with Crippen molar-refractivity contribution in [3.05, 3.63) is 0 Å². The van der Waals surface area contributed by atoms with Gasteiger partial charge in [0.1, 0.15) is 0 Å². The molecule has 0 rings (SSSR count). The van der Waals surface area contributed by atoms with Gasteiger partial charge in [-0.25, -0.2) is 13.1 Å². The van der Waals surface area contributed by atoms with Gasteiger partial charge in [-0.05, 0) is 27.8 Å². The topological polar surface area (TPSA) is 67.4 Å². The van der Waals surface area contributed by atoms with E-state index in [0.29, 0.717) is 6.54 Å². The normalized spacial score (nSPS) is 14.5. The number of hydrogen-bond donors (Lipinski definition) is 2. The van der Waals surface area contributed by atoms with Crippen LogP contribution in [0.4, 0.5) is 0 Å². The number of sulfonamides is 1. The highest BCUT2D eigenvalue weighted by molar-refractivity contribution is 7.89. The van der Waals surface area contributed by atoms with Crippen molar-refractivity contribution < 1.29 is 13.2 Å². The maximum atomic E-state index is 11.4. The van der Waals surface area contributed by atoms with E-state index in [4.69, 9.17) is 4.74 Å². The number of hydrogen-bond acceptors (Lipinski definition) is 4. The summed E-state index contributed by atoms with van der Waals surface area (Å²) >= 11 is 0. The fourth-order valence-electron chi connectivity index (χ4n) is 0.820. The summed E-state index contributed by atoms with van der Waals surface area (Å²) in [5.74, 6) is 0.0155. The minimum absolute atomic E-state index is 0.0155. The van der Waals surface area contributed by atoms with Gasteiger partial charge in [-0.2, -0.15) is 0 Å². The molecule has 1 unspecified atom stereocenters. The molecule has 0 aliphatic heterocycles. The first-order valence-electron chi connectivity index (χ1n) is 5.13. The quantitative estimate of drug-likeness (QED) is 0.621. The van der Waals surface area contributed by atoms with Crippen LogP contribution in [0, 0.1) is 0 Å². The van der Waals surface area contributed by atoms with Gasteiger partial charge in [0.15, 0.2) is 0 Å². The SMILES string of the molecule is CNC(C)CNS(=O)(=O)CCOC(C)C. The zero-order chi connectivity index (χ0) is 11.9. The zero-order valence-corrected chi connectivity index (χ0v) is 10.7. The lowest BCUT2D eigenvalue weighted by Gasteiger charge is -2.12. The molecule has 6 heteroatoms. The Morgan fingerprint density at radius 1 is 1.27 bits per heavy atom. The molecule has 0 saturated carbocycles. The van der Waals surface area contributed by atoms with E-state index in [2.05, 4.69) is 10.0 Å². The van der Waals surface area contributed by atoms with Crippen molar-refractivity contribution in [3.8, 4) is 0 Å². The van der Waals surface area contributed by atoms with Gasteiger partial charge in [-0.15, -0.1) is 0 Å². The van der Waals surface area contributed by atoms with Gasteiger partial charge < -0.3 is 10.1 Å². The molecule has 0 fully saturated rings. The molecule has 0 spiro atoms. The largest absolute Gasteiger partial charge is 0.378 e. The predicted molar refractivity (Wildman–Crippen MR) is 61.4 cm³/mol. The smallest absolute Gasteiger partial charge is 0.213 e. The lowest BCUT2D eigenvalue weighted by Crippen LogP contribution is -2.38. The molecule has 92 valence electrons. The molecular formula is C9H22N2O3S. The molecule has 0 heterocycles. The first kappa shape index (κ1) is 14.8. The molecule has 0 amide bonds. The van der Waals surface area contributed by atoms with Crippen molar-refractivity contribution in [2.24, 2.45) is 0 Å². The summed E-state index contributed by atoms with van der Waals surface area (Å²) in [5, 5.41) is 2.95. The standard InChI is InChI=1S/C9H22N2O3S/c1-8(2)14-5-6-15(12,13)11-7-9(3)10-4/h8-11H,5-7H2,1-4H3. The van der Waals surface area contributed by atoms with Crippen LogP contribution in [0.2, 0.25) is 0 Å². The van der Waals surface area contributed by atoms with Crippen LogP contribution in [0.15, 0.2) is 0 Å². The van der Waals surface area contributed by atoms with E-state index < -0.39 is 10.0 Å². The lowest BCUT2D eigenvalue weighted by atomic mass is 10.4. The van der Waals surface area contributed by atoms with E-state index in [9.17, 15) is 8.42 Å². The van der Waals surface area contributed by atoms with Crippen LogP contribution in [-0.4, -0.2) is 46.5 Å². The fraction of sp³-hybridized carbons (Fsp3) is 1.00. The van der Waals surface area contributed by atoms with E-state index >= 15 is 0 Å². The molecule has 0 aliphatic carbocycles. The Kier molecular flexibility index (Phi) is 7.08. The van der Waals surface area contributed by atoms with E-state index in [1.165, 1.54) is 0 Å². The molecule has 0 aromatic rings. The van der Waals surface area contributed by atoms with Gasteiger partial charge in [0.25, 0.3) is 0 Å². The zero-order valence-electron chi connectivity index (χ0n) is 9.91. The van der Waals surface area contributed by atoms with Gasteiger partial charge in [-0.3, -0.25) is 0 Å². The Balaban J connectivity index is 3.78. The van der Waals surface area contributed by atoms with Crippen LogP contribution < -0.4 is 10.0 Å². The second kappa shape index (κ2) is 7.16. The number of rotatable bonds is 8. The molecule has 0 bridgehead atoms. The molecule has 5 nitrogen and oxygen atoms in total. The Morgan fingerprint density at radius 2 is 1.87 bits per heavy atom. The predicted octanol–water partition coefficient (Wildman–Crippen LogP) is -0.0613. The highest BCUT2D eigenvalue weighted by Gasteiger charge is 2.11. The third kappa shape index (κ3) is 8.80. The summed E-state index contributed by atoms with van der Waals surface area (Å²) < 4.78 is 30.5. The Labute approximate surface area is 92.6 Å². The van der Waals surface area contributed by atoms with Crippen molar-refractivity contribution in [2.45, 2.75) is 32.9 Å². The molecular weight excluding hydrogens is 216 g/mol. The lowest BCUT2D eigenvalue weighted by molar-refractivity contribution is 0.0911. The minimum atomic E-state index is -3.20. The van der Waals surface area contributed by atoms with Crippen LogP contribution in [0.3, 0.4) is 0 Å². The molecule has 0 radical (unpaired) electrons. The van der Waals surface area contributed by atoms with Crippen LogP contribution in [0.25, 0.3) is 0 Å². The van der Waals surface area contributed by atoms with Gasteiger partial charge in [-0.1, -0.05) is 0 Å². The summed E-state index contributed by atoms with van der Waals surface area (Å²) in [7, 11) is -1.40. The van der Waals surface area contributed by atoms with Crippen LogP contribution >= 0.6 is 0 Å². The molecule has 15 heavy (non-hydrogen) atoms. The highest BCUT2D eigenvalue weighted by Crippen LogP contribution is 1.91. The molecule has 0 saturated heterocycles. The summed E-state index contributed by atoms with van der Waals surface area (Å²) in [4.78, 5) is 0. The Bertz CT molecular complexity index is 252. The first-order valence-corrected chi connectivity index (χ1v) is 6.79. The third-order valence-electron chi connectivity index (χ3n) is 1.91. The summed E-state index contributed by atoms with van der Waals surface area (Å²) in [5.41, 5.74) is 0. The second-order valence-electron chi connectivity index (χ2n) is 3.78. The highest BCUT2D eigenvalue weighted by atomic mass is 32.2. The van der Waals surface area contributed by atoms with E-state index in [1.807, 2.05) is 20.8 Å². The third-order valence-corrected chi connectivity index (χ3v) is 3.22. The minimum Gasteiger partial charge on any atom is -0.378 e. The Morgan fingerprint density at radius 3 is 2.33 bits per heavy atom. The monoisotopic (exact) mass is 238 g/mol. The summed E-state index contributed by atoms with van der Waals surface area (Å²) in [6.45, 7) is 6.31. The summed E-state index contributed by atoms with van der Waals surface area (Å²) in [6, 6.07) is 0.130. The van der Waals surface area contributed by atoms with Crippen LogP contribution in [0.5, 0.6) is 0 Å². The fourth-order valence-corrected chi connectivity index (χ4v) is 1.78. The van der Waals surface area contributed by atoms with Gasteiger partial charge in [0.05, 0.1) is 18.5 Å². The van der Waals surface area contributed by atoms with Gasteiger partial charge in [0.2, 0.25) is 10.0 Å². The number of ether oxygens (including phenoxy) is 1. The van der Waals surface area contributed by atoms with Crippen molar-refractivity contribution >= 4 is 10.0 Å². The second-order valence-corrected chi connectivity index (χ2v) is 5.70. The first-order chi connectivity index (χ1) is 6.87. The van der Waals surface area contributed by atoms with Crippen molar-refractivity contribution in [1.82, 2.24) is 10.0 Å². The number of nitrogens with one attached hydrogen (secondary N) is 2. The molecule has 0 aromatic heterocycles. The summed E-state index contributed by atoms with van der Waals surface area (Å²) in [6.07, 6.45) is 0.0661. The average Bonchev–Trinajstić information content (AvgIpc) is 2.13. The maximum absolute atomic E-state index is 11.4. The van der Waals surface area contributed by atoms with Crippen LogP contribution in [0.1, 0.15) is 20.8 Å². The number of likely N-dealkylation sites (N-methyl/N-ethyl adjacent to an activating group) is 1. The van der Waals surface area contributed by atoms with E-state index in [-0.39, 0.29) is 24.5 Å². The van der Waals surface area contributed by atoms with Crippen molar-refractivity contribution in [2.75, 3.05) is 26.0 Å². The average molecular weight is 238 g/mol. The van der Waals surface area contributed by atoms with Crippen molar-refractivity contribution in [1.29, 1.82) is 0 Å². The molecule has 0 aromatic carbocycles. The Hall–Kier alpha value is -0.170. The maximum Gasteiger partial charge on any atom is 0.213 e. The van der Waals surface area contributed by atoms with Gasteiger partial charge >= 0.3 is 0 Å². The molecule has 1 atom stereocenters. The molecule has 0 aliphatic rings.